The summed E-state index contributed by atoms with van der Waals surface area (Å²) in [4.78, 5) is 23.7. The van der Waals surface area contributed by atoms with Crippen molar-refractivity contribution >= 4 is 17.5 Å². The highest BCUT2D eigenvalue weighted by Crippen LogP contribution is 2.33. The number of carbonyl (C=O) groups is 1. The molecule has 148 valence electrons. The lowest BCUT2D eigenvalue weighted by atomic mass is 9.84. The van der Waals surface area contributed by atoms with Gasteiger partial charge >= 0.3 is 0 Å². The number of hydrogen-bond donors (Lipinski definition) is 1. The number of piperidine rings is 1. The molecular weight excluding hydrogens is 348 g/mol. The Kier molecular flexibility index (Phi) is 5.89. The molecule has 1 aliphatic carbocycles. The smallest absolute Gasteiger partial charge is 0.227 e. The molecule has 28 heavy (non-hydrogen) atoms. The summed E-state index contributed by atoms with van der Waals surface area (Å²) < 4.78 is 0. The lowest BCUT2D eigenvalue weighted by molar-refractivity contribution is -0.120. The summed E-state index contributed by atoms with van der Waals surface area (Å²) in [5.41, 5.74) is 3.31. The fraction of sp³-hybridized carbons (Fsp3) is 0.522. The Morgan fingerprint density at radius 1 is 1.00 bits per heavy atom. The highest BCUT2D eigenvalue weighted by atomic mass is 16.1. The van der Waals surface area contributed by atoms with Crippen molar-refractivity contribution in [2.45, 2.75) is 57.8 Å². The lowest BCUT2D eigenvalue weighted by Gasteiger charge is -2.31. The number of nitrogens with zero attached hydrogens (tertiary/aromatic N) is 3. The number of rotatable bonds is 4. The van der Waals surface area contributed by atoms with Gasteiger partial charge in [-0.3, -0.25) is 4.79 Å². The Hall–Kier alpha value is -2.43. The van der Waals surface area contributed by atoms with Crippen LogP contribution in [0.2, 0.25) is 0 Å². The second kappa shape index (κ2) is 8.72. The minimum absolute atomic E-state index is 0.0547. The molecule has 2 heterocycles. The number of aryl methyl sites for hydroxylation is 1. The summed E-state index contributed by atoms with van der Waals surface area (Å²) in [5.74, 6) is 1.66. The van der Waals surface area contributed by atoms with Crippen LogP contribution in [0, 0.1) is 12.8 Å². The van der Waals surface area contributed by atoms with E-state index in [9.17, 15) is 4.79 Å². The minimum atomic E-state index is 0.0547. The minimum Gasteiger partial charge on any atom is -0.341 e. The second-order valence-corrected chi connectivity index (χ2v) is 8.21. The molecule has 0 radical (unpaired) electrons. The van der Waals surface area contributed by atoms with Crippen LogP contribution in [0.3, 0.4) is 0 Å². The predicted octanol–water partition coefficient (Wildman–Crippen LogP) is 4.69. The second-order valence-electron chi connectivity index (χ2n) is 8.21. The quantitative estimate of drug-likeness (QED) is 0.839. The SMILES string of the molecule is Cc1ccnc(N2CCC(C(=O)Nc3ccc(C4CCCCC4)cc3)CC2)n1. The number of amides is 1. The number of anilines is 2. The van der Waals surface area contributed by atoms with Gasteiger partial charge in [0.05, 0.1) is 0 Å². The maximum Gasteiger partial charge on any atom is 0.227 e. The molecule has 1 aromatic carbocycles. The van der Waals surface area contributed by atoms with Crippen LogP contribution in [0.4, 0.5) is 11.6 Å². The normalized spacial score (nSPS) is 18.8. The van der Waals surface area contributed by atoms with E-state index >= 15 is 0 Å². The van der Waals surface area contributed by atoms with Crippen LogP contribution in [-0.4, -0.2) is 29.0 Å². The van der Waals surface area contributed by atoms with Crippen molar-refractivity contribution in [3.05, 3.63) is 47.8 Å². The van der Waals surface area contributed by atoms with E-state index in [0.717, 1.165) is 43.3 Å². The molecule has 0 unspecified atom stereocenters. The Morgan fingerprint density at radius 2 is 1.71 bits per heavy atom. The monoisotopic (exact) mass is 378 g/mol. The van der Waals surface area contributed by atoms with Crippen LogP contribution in [0.25, 0.3) is 0 Å². The number of nitrogens with one attached hydrogen (secondary N) is 1. The molecule has 2 aliphatic rings. The molecule has 2 aromatic rings. The van der Waals surface area contributed by atoms with Gasteiger partial charge in [0, 0.05) is 36.6 Å². The average molecular weight is 379 g/mol. The van der Waals surface area contributed by atoms with E-state index in [-0.39, 0.29) is 11.8 Å². The molecule has 1 saturated carbocycles. The van der Waals surface area contributed by atoms with E-state index in [2.05, 4.69) is 44.5 Å². The van der Waals surface area contributed by atoms with Crippen molar-refractivity contribution in [2.24, 2.45) is 5.92 Å². The molecule has 1 N–H and O–H groups in total. The zero-order valence-electron chi connectivity index (χ0n) is 16.7. The van der Waals surface area contributed by atoms with E-state index < -0.39 is 0 Å². The Balaban J connectivity index is 1.29. The van der Waals surface area contributed by atoms with Crippen LogP contribution in [0.15, 0.2) is 36.5 Å². The van der Waals surface area contributed by atoms with Crippen LogP contribution in [0.1, 0.15) is 62.1 Å². The zero-order chi connectivity index (χ0) is 19.3. The third kappa shape index (κ3) is 4.51. The fourth-order valence-corrected chi connectivity index (χ4v) is 4.45. The van der Waals surface area contributed by atoms with Crippen LogP contribution >= 0.6 is 0 Å². The molecule has 1 aliphatic heterocycles. The highest BCUT2D eigenvalue weighted by Gasteiger charge is 2.26. The Morgan fingerprint density at radius 3 is 2.39 bits per heavy atom. The van der Waals surface area contributed by atoms with Crippen molar-refractivity contribution in [1.29, 1.82) is 0 Å². The summed E-state index contributed by atoms with van der Waals surface area (Å²) >= 11 is 0. The van der Waals surface area contributed by atoms with Gasteiger partial charge in [0.25, 0.3) is 0 Å². The first-order valence-corrected chi connectivity index (χ1v) is 10.6. The summed E-state index contributed by atoms with van der Waals surface area (Å²) in [7, 11) is 0. The Bertz CT molecular complexity index is 791. The molecule has 4 rings (SSSR count). The molecule has 5 nitrogen and oxygen atoms in total. The van der Waals surface area contributed by atoms with E-state index in [1.807, 2.05) is 13.0 Å². The summed E-state index contributed by atoms with van der Waals surface area (Å²) in [6.45, 7) is 3.62. The van der Waals surface area contributed by atoms with Crippen LogP contribution in [0.5, 0.6) is 0 Å². The predicted molar refractivity (Wildman–Crippen MR) is 113 cm³/mol. The molecule has 0 spiro atoms. The third-order valence-corrected chi connectivity index (χ3v) is 6.19. The molecule has 0 bridgehead atoms. The summed E-state index contributed by atoms with van der Waals surface area (Å²) in [5, 5.41) is 3.12. The number of carbonyl (C=O) groups excluding carboxylic acids is 1. The van der Waals surface area contributed by atoms with E-state index in [1.54, 1.807) is 6.20 Å². The number of hydrogen-bond acceptors (Lipinski definition) is 4. The van der Waals surface area contributed by atoms with Gasteiger partial charge in [-0.15, -0.1) is 0 Å². The molecule has 1 amide bonds. The fourth-order valence-electron chi connectivity index (χ4n) is 4.45. The van der Waals surface area contributed by atoms with Gasteiger partial charge < -0.3 is 10.2 Å². The maximum absolute atomic E-state index is 12.7. The van der Waals surface area contributed by atoms with Gasteiger partial charge in [-0.1, -0.05) is 31.4 Å². The number of benzene rings is 1. The van der Waals surface area contributed by atoms with Gasteiger partial charge in [-0.05, 0) is 62.3 Å². The van der Waals surface area contributed by atoms with Crippen molar-refractivity contribution in [2.75, 3.05) is 23.3 Å². The van der Waals surface area contributed by atoms with E-state index in [1.165, 1.54) is 37.7 Å². The zero-order valence-corrected chi connectivity index (χ0v) is 16.7. The first kappa shape index (κ1) is 18.9. The topological polar surface area (TPSA) is 58.1 Å². The van der Waals surface area contributed by atoms with Gasteiger partial charge in [0.15, 0.2) is 0 Å². The first-order valence-electron chi connectivity index (χ1n) is 10.6. The average Bonchev–Trinajstić information content (AvgIpc) is 2.75. The standard InChI is InChI=1S/C23H30N4O/c1-17-11-14-24-23(25-17)27-15-12-20(13-16-27)22(28)26-21-9-7-19(8-10-21)18-5-3-2-4-6-18/h7-11,14,18,20H,2-6,12-13,15-16H2,1H3,(H,26,28). The van der Waals surface area contributed by atoms with Gasteiger partial charge in [0.1, 0.15) is 0 Å². The van der Waals surface area contributed by atoms with Crippen molar-refractivity contribution in [3.8, 4) is 0 Å². The van der Waals surface area contributed by atoms with Crippen LogP contribution in [-0.2, 0) is 4.79 Å². The molecule has 1 saturated heterocycles. The first-order chi connectivity index (χ1) is 13.7. The maximum atomic E-state index is 12.7. The molecule has 5 heteroatoms. The largest absolute Gasteiger partial charge is 0.341 e. The highest BCUT2D eigenvalue weighted by molar-refractivity contribution is 5.92. The lowest BCUT2D eigenvalue weighted by Crippen LogP contribution is -2.39. The molecule has 1 aromatic heterocycles. The van der Waals surface area contributed by atoms with Crippen molar-refractivity contribution in [3.63, 3.8) is 0 Å². The van der Waals surface area contributed by atoms with Crippen LogP contribution < -0.4 is 10.2 Å². The molecule has 0 atom stereocenters. The van der Waals surface area contributed by atoms with Gasteiger partial charge in [0.2, 0.25) is 11.9 Å². The van der Waals surface area contributed by atoms with E-state index in [0.29, 0.717) is 5.92 Å². The Labute approximate surface area is 167 Å². The van der Waals surface area contributed by atoms with Gasteiger partial charge in [-0.2, -0.15) is 0 Å². The summed E-state index contributed by atoms with van der Waals surface area (Å²) in [6.07, 6.45) is 10.1. The number of aromatic nitrogens is 2. The molecular formula is C23H30N4O. The van der Waals surface area contributed by atoms with Crippen molar-refractivity contribution in [1.82, 2.24) is 9.97 Å². The third-order valence-electron chi connectivity index (χ3n) is 6.19. The summed E-state index contributed by atoms with van der Waals surface area (Å²) in [6, 6.07) is 10.4. The molecule has 2 fully saturated rings. The van der Waals surface area contributed by atoms with Gasteiger partial charge in [-0.25, -0.2) is 9.97 Å². The van der Waals surface area contributed by atoms with Crippen molar-refractivity contribution < 1.29 is 4.79 Å². The van der Waals surface area contributed by atoms with E-state index in [4.69, 9.17) is 0 Å².